The summed E-state index contributed by atoms with van der Waals surface area (Å²) in [6.45, 7) is 4.66. The van der Waals surface area contributed by atoms with Crippen LogP contribution in [0.2, 0.25) is 0 Å². The van der Waals surface area contributed by atoms with Crippen molar-refractivity contribution in [3.8, 4) is 0 Å². The normalized spacial score (nSPS) is 20.8. The van der Waals surface area contributed by atoms with Crippen LogP contribution in [0.5, 0.6) is 0 Å². The number of nitrogens with zero attached hydrogens (tertiary/aromatic N) is 2. The van der Waals surface area contributed by atoms with Gasteiger partial charge in [-0.25, -0.2) is 4.79 Å². The van der Waals surface area contributed by atoms with Crippen LogP contribution in [0.4, 0.5) is 4.79 Å². The maximum absolute atomic E-state index is 12.1. The molecule has 0 radical (unpaired) electrons. The summed E-state index contributed by atoms with van der Waals surface area (Å²) in [4.78, 5) is 16.2. The first-order valence-corrected chi connectivity index (χ1v) is 6.80. The average molecular weight is 265 g/mol. The summed E-state index contributed by atoms with van der Waals surface area (Å²) in [6.07, 6.45) is 2.71. The molecule has 106 valence electrons. The lowest BCUT2D eigenvalue weighted by atomic mass is 10.1. The SMILES string of the molecule is C[C@@H](NC(=O)N1CC[C@H](CN(C)C)C1)c1ccco1. The number of nitrogens with one attached hydrogen (secondary N) is 1. The van der Waals surface area contributed by atoms with Gasteiger partial charge in [0.05, 0.1) is 12.3 Å². The molecule has 0 spiro atoms. The summed E-state index contributed by atoms with van der Waals surface area (Å²) in [5, 5.41) is 2.98. The number of amides is 2. The lowest BCUT2D eigenvalue weighted by Gasteiger charge is -2.21. The minimum Gasteiger partial charge on any atom is -0.467 e. The van der Waals surface area contributed by atoms with Crippen molar-refractivity contribution in [1.82, 2.24) is 15.1 Å². The molecule has 5 heteroatoms. The van der Waals surface area contributed by atoms with Crippen LogP contribution in [-0.2, 0) is 0 Å². The van der Waals surface area contributed by atoms with E-state index in [1.807, 2.05) is 24.0 Å². The molecule has 1 aliphatic rings. The van der Waals surface area contributed by atoms with E-state index in [4.69, 9.17) is 4.42 Å². The number of hydrogen-bond donors (Lipinski definition) is 1. The van der Waals surface area contributed by atoms with Gasteiger partial charge >= 0.3 is 6.03 Å². The van der Waals surface area contributed by atoms with Crippen LogP contribution in [0, 0.1) is 5.92 Å². The molecule has 0 aromatic carbocycles. The molecule has 1 aromatic rings. The molecule has 1 saturated heterocycles. The van der Waals surface area contributed by atoms with Crippen molar-refractivity contribution in [3.63, 3.8) is 0 Å². The van der Waals surface area contributed by atoms with E-state index in [1.165, 1.54) is 0 Å². The standard InChI is InChI=1S/C14H23N3O2/c1-11(13-5-4-8-19-13)15-14(18)17-7-6-12(10-17)9-16(2)3/h4-5,8,11-12H,6-7,9-10H2,1-3H3,(H,15,18)/t11-,12-/m1/s1. The van der Waals surface area contributed by atoms with Gasteiger partial charge in [0, 0.05) is 19.6 Å². The van der Waals surface area contributed by atoms with Gasteiger partial charge in [0.1, 0.15) is 5.76 Å². The first-order chi connectivity index (χ1) is 9.06. The first-order valence-electron chi connectivity index (χ1n) is 6.80. The number of carbonyl (C=O) groups is 1. The molecule has 0 bridgehead atoms. The monoisotopic (exact) mass is 265 g/mol. The molecule has 0 unspecified atom stereocenters. The highest BCUT2D eigenvalue weighted by Crippen LogP contribution is 2.18. The summed E-state index contributed by atoms with van der Waals surface area (Å²) < 4.78 is 5.29. The van der Waals surface area contributed by atoms with Gasteiger partial charge in [-0.15, -0.1) is 0 Å². The molecular weight excluding hydrogens is 242 g/mol. The third-order valence-electron chi connectivity index (χ3n) is 3.51. The molecule has 1 N–H and O–H groups in total. The fourth-order valence-electron chi connectivity index (χ4n) is 2.57. The Morgan fingerprint density at radius 2 is 2.42 bits per heavy atom. The fourth-order valence-corrected chi connectivity index (χ4v) is 2.57. The summed E-state index contributed by atoms with van der Waals surface area (Å²) in [6, 6.07) is 3.63. The van der Waals surface area contributed by atoms with Crippen molar-refractivity contribution in [2.75, 3.05) is 33.7 Å². The van der Waals surface area contributed by atoms with Crippen molar-refractivity contribution in [1.29, 1.82) is 0 Å². The van der Waals surface area contributed by atoms with E-state index in [2.05, 4.69) is 24.3 Å². The van der Waals surface area contributed by atoms with Crippen LogP contribution < -0.4 is 5.32 Å². The number of hydrogen-bond acceptors (Lipinski definition) is 3. The fraction of sp³-hybridized carbons (Fsp3) is 0.643. The number of urea groups is 1. The van der Waals surface area contributed by atoms with Gasteiger partial charge in [-0.1, -0.05) is 0 Å². The third-order valence-corrected chi connectivity index (χ3v) is 3.51. The summed E-state index contributed by atoms with van der Waals surface area (Å²) in [5.41, 5.74) is 0. The zero-order valence-corrected chi connectivity index (χ0v) is 11.9. The van der Waals surface area contributed by atoms with Gasteiger partial charge in [0.15, 0.2) is 0 Å². The second-order valence-electron chi connectivity index (χ2n) is 5.55. The third kappa shape index (κ3) is 3.73. The van der Waals surface area contributed by atoms with Crippen LogP contribution in [0.15, 0.2) is 22.8 Å². The minimum absolute atomic E-state index is 0.00477. The topological polar surface area (TPSA) is 48.7 Å². The van der Waals surface area contributed by atoms with Crippen molar-refractivity contribution in [3.05, 3.63) is 24.2 Å². The summed E-state index contributed by atoms with van der Waals surface area (Å²) >= 11 is 0. The number of rotatable bonds is 4. The van der Waals surface area contributed by atoms with Gasteiger partial charge in [-0.2, -0.15) is 0 Å². The molecule has 5 nitrogen and oxygen atoms in total. The van der Waals surface area contributed by atoms with Crippen LogP contribution >= 0.6 is 0 Å². The molecular formula is C14H23N3O2. The maximum atomic E-state index is 12.1. The number of carbonyl (C=O) groups excluding carboxylic acids is 1. The molecule has 1 fully saturated rings. The predicted molar refractivity (Wildman–Crippen MR) is 73.9 cm³/mol. The van der Waals surface area contributed by atoms with E-state index >= 15 is 0 Å². The Morgan fingerprint density at radius 1 is 1.63 bits per heavy atom. The molecule has 1 aliphatic heterocycles. The van der Waals surface area contributed by atoms with Gasteiger partial charge in [0.2, 0.25) is 0 Å². The molecule has 1 aromatic heterocycles. The van der Waals surface area contributed by atoms with Crippen LogP contribution in [-0.4, -0.2) is 49.6 Å². The number of furan rings is 1. The van der Waals surface area contributed by atoms with Gasteiger partial charge in [-0.05, 0) is 45.5 Å². The first kappa shape index (κ1) is 13.9. The molecule has 19 heavy (non-hydrogen) atoms. The van der Waals surface area contributed by atoms with E-state index in [0.29, 0.717) is 5.92 Å². The van der Waals surface area contributed by atoms with E-state index in [0.717, 1.165) is 31.8 Å². The molecule has 2 atom stereocenters. The van der Waals surface area contributed by atoms with Gasteiger partial charge in [-0.3, -0.25) is 0 Å². The van der Waals surface area contributed by atoms with E-state index in [-0.39, 0.29) is 12.1 Å². The quantitative estimate of drug-likeness (QED) is 0.905. The van der Waals surface area contributed by atoms with E-state index in [9.17, 15) is 4.79 Å². The molecule has 2 amide bonds. The summed E-state index contributed by atoms with van der Waals surface area (Å²) in [5.74, 6) is 1.37. The van der Waals surface area contributed by atoms with Crippen LogP contribution in [0.25, 0.3) is 0 Å². The smallest absolute Gasteiger partial charge is 0.317 e. The molecule has 0 saturated carbocycles. The second-order valence-corrected chi connectivity index (χ2v) is 5.55. The van der Waals surface area contributed by atoms with Crippen molar-refractivity contribution in [2.24, 2.45) is 5.92 Å². The lowest BCUT2D eigenvalue weighted by molar-refractivity contribution is 0.200. The predicted octanol–water partition coefficient (Wildman–Crippen LogP) is 1.93. The average Bonchev–Trinajstić information content (AvgIpc) is 2.97. The van der Waals surface area contributed by atoms with E-state index < -0.39 is 0 Å². The highest BCUT2D eigenvalue weighted by molar-refractivity contribution is 5.74. The summed E-state index contributed by atoms with van der Waals surface area (Å²) in [7, 11) is 4.14. The Kier molecular flexibility index (Phi) is 4.47. The van der Waals surface area contributed by atoms with Crippen molar-refractivity contribution < 1.29 is 9.21 Å². The Balaban J connectivity index is 1.81. The van der Waals surface area contributed by atoms with Crippen LogP contribution in [0.1, 0.15) is 25.1 Å². The molecule has 2 heterocycles. The van der Waals surface area contributed by atoms with Crippen molar-refractivity contribution >= 4 is 6.03 Å². The Bertz CT molecular complexity index is 403. The molecule has 0 aliphatic carbocycles. The zero-order valence-electron chi connectivity index (χ0n) is 11.9. The highest BCUT2D eigenvalue weighted by Gasteiger charge is 2.27. The Hall–Kier alpha value is -1.49. The Labute approximate surface area is 114 Å². The lowest BCUT2D eigenvalue weighted by Crippen LogP contribution is -2.40. The Morgan fingerprint density at radius 3 is 3.05 bits per heavy atom. The minimum atomic E-state index is -0.0876. The molecule has 2 rings (SSSR count). The van der Waals surface area contributed by atoms with Gasteiger partial charge < -0.3 is 19.5 Å². The van der Waals surface area contributed by atoms with Crippen molar-refractivity contribution in [2.45, 2.75) is 19.4 Å². The second kappa shape index (κ2) is 6.10. The van der Waals surface area contributed by atoms with Crippen LogP contribution in [0.3, 0.4) is 0 Å². The maximum Gasteiger partial charge on any atom is 0.317 e. The largest absolute Gasteiger partial charge is 0.467 e. The van der Waals surface area contributed by atoms with E-state index in [1.54, 1.807) is 6.26 Å². The zero-order chi connectivity index (χ0) is 13.8. The number of likely N-dealkylation sites (tertiary alicyclic amines) is 1. The van der Waals surface area contributed by atoms with Gasteiger partial charge in [0.25, 0.3) is 0 Å². The highest BCUT2D eigenvalue weighted by atomic mass is 16.3.